The standard InChI is InChI=1S/C14H17Cl2NO2/c1-9(19-11-4-2-3-5-11)14(18)17-13-7-6-10(15)8-12(13)16/h6-9,11H,2-5H2,1H3,(H,17,18)/t9-/m0/s1. The third-order valence-electron chi connectivity index (χ3n) is 3.26. The van der Waals surface area contributed by atoms with E-state index in [4.69, 9.17) is 27.9 Å². The highest BCUT2D eigenvalue weighted by Gasteiger charge is 2.22. The van der Waals surface area contributed by atoms with E-state index in [-0.39, 0.29) is 12.0 Å². The molecular weight excluding hydrogens is 285 g/mol. The van der Waals surface area contributed by atoms with Gasteiger partial charge in [0.05, 0.1) is 16.8 Å². The van der Waals surface area contributed by atoms with Crippen molar-refractivity contribution in [3.63, 3.8) is 0 Å². The summed E-state index contributed by atoms with van der Waals surface area (Å²) in [6.07, 6.45) is 4.18. The van der Waals surface area contributed by atoms with Gasteiger partial charge < -0.3 is 10.1 Å². The van der Waals surface area contributed by atoms with Gasteiger partial charge in [0, 0.05) is 5.02 Å². The number of amides is 1. The largest absolute Gasteiger partial charge is 0.365 e. The summed E-state index contributed by atoms with van der Waals surface area (Å²) in [6, 6.07) is 4.97. The van der Waals surface area contributed by atoms with Crippen molar-refractivity contribution in [3.05, 3.63) is 28.2 Å². The molecule has 1 saturated carbocycles. The first kappa shape index (κ1) is 14.6. The molecule has 0 unspecified atom stereocenters. The van der Waals surface area contributed by atoms with Crippen LogP contribution in [-0.4, -0.2) is 18.1 Å². The molecule has 0 aliphatic heterocycles. The van der Waals surface area contributed by atoms with Gasteiger partial charge in [0.15, 0.2) is 0 Å². The first-order valence-electron chi connectivity index (χ1n) is 6.47. The lowest BCUT2D eigenvalue weighted by Crippen LogP contribution is -2.30. The fourth-order valence-corrected chi connectivity index (χ4v) is 2.66. The normalized spacial score (nSPS) is 17.4. The molecule has 1 amide bonds. The van der Waals surface area contributed by atoms with E-state index in [1.165, 1.54) is 12.8 Å². The SMILES string of the molecule is C[C@H](OC1CCCC1)C(=O)Nc1ccc(Cl)cc1Cl. The smallest absolute Gasteiger partial charge is 0.253 e. The van der Waals surface area contributed by atoms with Gasteiger partial charge in [0.2, 0.25) is 0 Å². The molecule has 2 rings (SSSR count). The van der Waals surface area contributed by atoms with Crippen LogP contribution in [0.15, 0.2) is 18.2 Å². The predicted octanol–water partition coefficient (Wildman–Crippen LogP) is 4.28. The van der Waals surface area contributed by atoms with Crippen molar-refractivity contribution in [2.45, 2.75) is 44.8 Å². The summed E-state index contributed by atoms with van der Waals surface area (Å²) in [6.45, 7) is 1.76. The number of rotatable bonds is 4. The van der Waals surface area contributed by atoms with E-state index in [0.29, 0.717) is 15.7 Å². The van der Waals surface area contributed by atoms with Crippen LogP contribution in [0, 0.1) is 0 Å². The molecule has 1 aliphatic rings. The summed E-state index contributed by atoms with van der Waals surface area (Å²) < 4.78 is 5.73. The molecule has 0 bridgehead atoms. The lowest BCUT2D eigenvalue weighted by Gasteiger charge is -2.18. The Kier molecular flexibility index (Phi) is 5.08. The molecule has 19 heavy (non-hydrogen) atoms. The lowest BCUT2D eigenvalue weighted by atomic mass is 10.2. The maximum absolute atomic E-state index is 12.0. The number of carbonyl (C=O) groups is 1. The molecule has 5 heteroatoms. The Morgan fingerprint density at radius 1 is 1.37 bits per heavy atom. The topological polar surface area (TPSA) is 38.3 Å². The Morgan fingerprint density at radius 3 is 2.68 bits per heavy atom. The second kappa shape index (κ2) is 6.60. The minimum atomic E-state index is -0.477. The molecule has 1 fully saturated rings. The Hall–Kier alpha value is -0.770. The minimum absolute atomic E-state index is 0.184. The zero-order chi connectivity index (χ0) is 13.8. The number of halogens is 2. The number of hydrogen-bond acceptors (Lipinski definition) is 2. The van der Waals surface area contributed by atoms with Crippen LogP contribution in [0.2, 0.25) is 10.0 Å². The van der Waals surface area contributed by atoms with Crippen LogP contribution in [0.3, 0.4) is 0 Å². The molecular formula is C14H17Cl2NO2. The van der Waals surface area contributed by atoms with Gasteiger partial charge in [-0.25, -0.2) is 0 Å². The van der Waals surface area contributed by atoms with Gasteiger partial charge in [-0.3, -0.25) is 4.79 Å². The van der Waals surface area contributed by atoms with E-state index >= 15 is 0 Å². The number of hydrogen-bond donors (Lipinski definition) is 1. The molecule has 1 aromatic rings. The zero-order valence-electron chi connectivity index (χ0n) is 10.8. The quantitative estimate of drug-likeness (QED) is 0.901. The summed E-state index contributed by atoms with van der Waals surface area (Å²) in [5, 5.41) is 3.72. The highest BCUT2D eigenvalue weighted by atomic mass is 35.5. The van der Waals surface area contributed by atoms with Crippen LogP contribution in [0.4, 0.5) is 5.69 Å². The van der Waals surface area contributed by atoms with Gasteiger partial charge in [-0.15, -0.1) is 0 Å². The number of benzene rings is 1. The van der Waals surface area contributed by atoms with E-state index in [2.05, 4.69) is 5.32 Å². The van der Waals surface area contributed by atoms with Gasteiger partial charge in [0.25, 0.3) is 5.91 Å². The van der Waals surface area contributed by atoms with Crippen molar-refractivity contribution in [2.75, 3.05) is 5.32 Å². The molecule has 1 N–H and O–H groups in total. The highest BCUT2D eigenvalue weighted by molar-refractivity contribution is 6.36. The summed E-state index contributed by atoms with van der Waals surface area (Å²) in [5.41, 5.74) is 0.554. The molecule has 0 spiro atoms. The summed E-state index contributed by atoms with van der Waals surface area (Å²) >= 11 is 11.8. The van der Waals surface area contributed by atoms with Gasteiger partial charge >= 0.3 is 0 Å². The fourth-order valence-electron chi connectivity index (χ4n) is 2.20. The van der Waals surface area contributed by atoms with Crippen LogP contribution >= 0.6 is 23.2 Å². The number of carbonyl (C=O) groups excluding carboxylic acids is 1. The van der Waals surface area contributed by atoms with Crippen molar-refractivity contribution in [1.29, 1.82) is 0 Å². The number of anilines is 1. The van der Waals surface area contributed by atoms with E-state index in [0.717, 1.165) is 12.8 Å². The molecule has 104 valence electrons. The summed E-state index contributed by atoms with van der Waals surface area (Å²) in [7, 11) is 0. The minimum Gasteiger partial charge on any atom is -0.365 e. The summed E-state index contributed by atoms with van der Waals surface area (Å²) in [5.74, 6) is -0.184. The van der Waals surface area contributed by atoms with Gasteiger partial charge in [0.1, 0.15) is 6.10 Å². The van der Waals surface area contributed by atoms with Crippen molar-refractivity contribution < 1.29 is 9.53 Å². The molecule has 1 aromatic carbocycles. The van der Waals surface area contributed by atoms with Crippen LogP contribution in [-0.2, 0) is 9.53 Å². The molecule has 0 heterocycles. The van der Waals surface area contributed by atoms with E-state index in [1.54, 1.807) is 25.1 Å². The first-order valence-corrected chi connectivity index (χ1v) is 7.23. The third kappa shape index (κ3) is 4.10. The van der Waals surface area contributed by atoms with E-state index < -0.39 is 6.10 Å². The zero-order valence-corrected chi connectivity index (χ0v) is 12.3. The monoisotopic (exact) mass is 301 g/mol. The van der Waals surface area contributed by atoms with E-state index in [1.807, 2.05) is 0 Å². The van der Waals surface area contributed by atoms with E-state index in [9.17, 15) is 4.79 Å². The first-order chi connectivity index (χ1) is 9.06. The van der Waals surface area contributed by atoms with Crippen LogP contribution in [0.1, 0.15) is 32.6 Å². The van der Waals surface area contributed by atoms with Crippen molar-refractivity contribution in [1.82, 2.24) is 0 Å². The summed E-state index contributed by atoms with van der Waals surface area (Å²) in [4.78, 5) is 12.0. The van der Waals surface area contributed by atoms with Crippen molar-refractivity contribution in [3.8, 4) is 0 Å². The number of nitrogens with one attached hydrogen (secondary N) is 1. The molecule has 1 atom stereocenters. The van der Waals surface area contributed by atoms with Gasteiger partial charge in [-0.2, -0.15) is 0 Å². The average Bonchev–Trinajstić information content (AvgIpc) is 2.85. The average molecular weight is 302 g/mol. The Labute approximate surface area is 123 Å². The second-order valence-electron chi connectivity index (χ2n) is 4.80. The predicted molar refractivity (Wildman–Crippen MR) is 77.9 cm³/mol. The van der Waals surface area contributed by atoms with Crippen molar-refractivity contribution >= 4 is 34.8 Å². The van der Waals surface area contributed by atoms with Gasteiger partial charge in [-0.05, 0) is 38.0 Å². The Balaban J connectivity index is 1.92. The molecule has 1 aliphatic carbocycles. The van der Waals surface area contributed by atoms with Gasteiger partial charge in [-0.1, -0.05) is 36.0 Å². The molecule has 0 radical (unpaired) electrons. The number of ether oxygens (including phenoxy) is 1. The van der Waals surface area contributed by atoms with Crippen LogP contribution < -0.4 is 5.32 Å². The maximum Gasteiger partial charge on any atom is 0.253 e. The second-order valence-corrected chi connectivity index (χ2v) is 5.64. The Bertz CT molecular complexity index is 459. The maximum atomic E-state index is 12.0. The fraction of sp³-hybridized carbons (Fsp3) is 0.500. The molecule has 3 nitrogen and oxygen atoms in total. The molecule has 0 aromatic heterocycles. The lowest BCUT2D eigenvalue weighted by molar-refractivity contribution is -0.129. The van der Waals surface area contributed by atoms with Crippen LogP contribution in [0.5, 0.6) is 0 Å². The van der Waals surface area contributed by atoms with Crippen molar-refractivity contribution in [2.24, 2.45) is 0 Å². The van der Waals surface area contributed by atoms with Crippen LogP contribution in [0.25, 0.3) is 0 Å². The third-order valence-corrected chi connectivity index (χ3v) is 3.80. The molecule has 0 saturated heterocycles. The highest BCUT2D eigenvalue weighted by Crippen LogP contribution is 2.26. The Morgan fingerprint density at radius 2 is 2.05 bits per heavy atom.